The molecule has 0 amide bonds. The maximum atomic E-state index is 11.3. The average Bonchev–Trinajstić information content (AvgIpc) is 2.36. The van der Waals surface area contributed by atoms with Gasteiger partial charge in [0, 0.05) is 0 Å². The van der Waals surface area contributed by atoms with E-state index in [0.29, 0.717) is 12.3 Å². The molecule has 4 nitrogen and oxygen atoms in total. The number of rotatable bonds is 5. The first-order valence-corrected chi connectivity index (χ1v) is 11.3. The van der Waals surface area contributed by atoms with E-state index in [4.69, 9.17) is 24.1 Å². The Morgan fingerprint density at radius 2 is 2.15 bits per heavy atom. The first kappa shape index (κ1) is 17.3. The zero-order chi connectivity index (χ0) is 15.1. The van der Waals surface area contributed by atoms with E-state index >= 15 is 0 Å². The Morgan fingerprint density at radius 3 is 2.70 bits per heavy atom. The second kappa shape index (κ2) is 8.50. The second-order valence-corrected chi connectivity index (χ2v) is 9.68. The molecule has 1 aromatic carbocycles. The molecule has 0 radical (unpaired) electrons. The topological polar surface area (TPSA) is 41.9 Å². The van der Waals surface area contributed by atoms with Crippen molar-refractivity contribution >= 4 is 47.6 Å². The van der Waals surface area contributed by atoms with Crippen molar-refractivity contribution in [2.45, 2.75) is 6.92 Å². The number of nitrogens with zero attached hydrogens (tertiary/aromatic N) is 2. The summed E-state index contributed by atoms with van der Waals surface area (Å²) < 4.78 is 6.60. The molecule has 0 aliphatic rings. The van der Waals surface area contributed by atoms with Crippen LogP contribution in [0.1, 0.15) is 12.5 Å². The Labute approximate surface area is 131 Å². The molecule has 0 bridgehead atoms. The molecule has 0 aliphatic heterocycles. The third kappa shape index (κ3) is 5.70. The number of carbonyl (C=O) groups excluding carboxylic acids is 1. The zero-order valence-electron chi connectivity index (χ0n) is 11.4. The van der Waals surface area contributed by atoms with Crippen molar-refractivity contribution < 1.29 is 23.0 Å². The van der Waals surface area contributed by atoms with Gasteiger partial charge in [0.1, 0.15) is 0 Å². The van der Waals surface area contributed by atoms with Crippen molar-refractivity contribution in [2.75, 3.05) is 25.6 Å². The quantitative estimate of drug-likeness (QED) is 0.430. The third-order valence-corrected chi connectivity index (χ3v) is 4.14. The number of hydrogen-bond donors (Lipinski definition) is 0. The summed E-state index contributed by atoms with van der Waals surface area (Å²) in [5.74, 6) is -0.471. The summed E-state index contributed by atoms with van der Waals surface area (Å²) in [5.41, 5.74) is 2.47. The Balaban J connectivity index is 3.12. The van der Waals surface area contributed by atoms with E-state index in [1.54, 1.807) is 11.5 Å². The van der Waals surface area contributed by atoms with Gasteiger partial charge in [0.15, 0.2) is 0 Å². The molecule has 0 atom stereocenters. The van der Waals surface area contributed by atoms with E-state index in [0.717, 1.165) is 17.5 Å². The van der Waals surface area contributed by atoms with Crippen LogP contribution in [0.5, 0.6) is 0 Å². The predicted octanol–water partition coefficient (Wildman–Crippen LogP) is 3.09. The SMILES string of the molecule is CCOC(=O)C=Nc1ccc(N(C)C)cc1[CH]=[Ru]([Cl])[Cl]. The van der Waals surface area contributed by atoms with Gasteiger partial charge >= 0.3 is 132 Å². The fraction of sp³-hybridized carbons (Fsp3) is 0.308. The van der Waals surface area contributed by atoms with Gasteiger partial charge in [-0.3, -0.25) is 0 Å². The summed E-state index contributed by atoms with van der Waals surface area (Å²) in [6.45, 7) is 2.07. The van der Waals surface area contributed by atoms with Gasteiger partial charge in [-0.05, 0) is 0 Å². The van der Waals surface area contributed by atoms with Crippen LogP contribution >= 0.6 is 19.4 Å². The Kier molecular flexibility index (Phi) is 7.35. The number of ether oxygens (including phenoxy) is 1. The predicted molar refractivity (Wildman–Crippen MR) is 82.4 cm³/mol. The van der Waals surface area contributed by atoms with Gasteiger partial charge in [-0.25, -0.2) is 0 Å². The molecule has 0 aromatic heterocycles. The number of halogens is 2. The first-order chi connectivity index (χ1) is 9.43. The molecule has 7 heteroatoms. The van der Waals surface area contributed by atoms with Crippen molar-refractivity contribution in [3.05, 3.63) is 23.8 Å². The van der Waals surface area contributed by atoms with Crippen molar-refractivity contribution in [3.8, 4) is 0 Å². The fourth-order valence-corrected chi connectivity index (χ4v) is 3.20. The maximum absolute atomic E-state index is 11.3. The molecule has 1 aromatic rings. The molecule has 20 heavy (non-hydrogen) atoms. The number of benzene rings is 1. The van der Waals surface area contributed by atoms with Crippen molar-refractivity contribution in [2.24, 2.45) is 4.99 Å². The molecule has 0 N–H and O–H groups in total. The summed E-state index contributed by atoms with van der Waals surface area (Å²) >= 11 is -1.97. The van der Waals surface area contributed by atoms with Gasteiger partial charge < -0.3 is 0 Å². The monoisotopic (exact) mass is 404 g/mol. The fourth-order valence-electron chi connectivity index (χ4n) is 1.40. The minimum atomic E-state index is -1.97. The van der Waals surface area contributed by atoms with E-state index in [2.05, 4.69) is 4.99 Å². The third-order valence-electron chi connectivity index (χ3n) is 2.31. The molecular weight excluding hydrogens is 388 g/mol. The van der Waals surface area contributed by atoms with E-state index in [-0.39, 0.29) is 0 Å². The van der Waals surface area contributed by atoms with Crippen LogP contribution in [-0.2, 0) is 23.0 Å². The molecule has 0 unspecified atom stereocenters. The first-order valence-electron chi connectivity index (χ1n) is 5.79. The average molecular weight is 404 g/mol. The van der Waals surface area contributed by atoms with E-state index in [1.165, 1.54) is 0 Å². The molecular formula is C13H16Cl2N2O2Ru. The van der Waals surface area contributed by atoms with Crippen molar-refractivity contribution in [1.82, 2.24) is 0 Å². The number of aliphatic imine (C=N–C) groups is 1. The van der Waals surface area contributed by atoms with Gasteiger partial charge in [0.05, 0.1) is 0 Å². The van der Waals surface area contributed by atoms with Crippen molar-refractivity contribution in [1.29, 1.82) is 0 Å². The standard InChI is InChI=1S/C13H16N2O2.2ClH.Ru/c1-5-17-13(16)9-14-12-7-6-11(15(3)4)8-10(12)2;;;/h2,6-9H,5H2,1,3-4H3;2*1H;/q;;;+2/p-2. The van der Waals surface area contributed by atoms with Crippen LogP contribution < -0.4 is 4.90 Å². The Hall–Kier alpha value is -0.767. The van der Waals surface area contributed by atoms with Gasteiger partial charge in [0.25, 0.3) is 0 Å². The van der Waals surface area contributed by atoms with Gasteiger partial charge in [-0.2, -0.15) is 0 Å². The minimum absolute atomic E-state index is 0.321. The molecule has 0 fully saturated rings. The van der Waals surface area contributed by atoms with Crippen LogP contribution in [-0.4, -0.2) is 37.5 Å². The second-order valence-electron chi connectivity index (χ2n) is 3.95. The van der Waals surface area contributed by atoms with E-state index in [9.17, 15) is 4.79 Å². The van der Waals surface area contributed by atoms with E-state index in [1.807, 2.05) is 37.2 Å². The Morgan fingerprint density at radius 1 is 1.45 bits per heavy atom. The van der Waals surface area contributed by atoms with Crippen LogP contribution in [0.25, 0.3) is 0 Å². The van der Waals surface area contributed by atoms with Gasteiger partial charge in [-0.1, -0.05) is 0 Å². The molecule has 0 saturated carbocycles. The van der Waals surface area contributed by atoms with Gasteiger partial charge in [0.2, 0.25) is 0 Å². The number of hydrogen-bond acceptors (Lipinski definition) is 4. The van der Waals surface area contributed by atoms with Crippen LogP contribution in [0.3, 0.4) is 0 Å². The molecule has 0 aliphatic carbocycles. The van der Waals surface area contributed by atoms with Crippen LogP contribution in [0, 0.1) is 0 Å². The summed E-state index contributed by atoms with van der Waals surface area (Å²) in [7, 11) is 15.7. The van der Waals surface area contributed by atoms with Crippen LogP contribution in [0.2, 0.25) is 0 Å². The number of anilines is 1. The van der Waals surface area contributed by atoms with Gasteiger partial charge in [-0.15, -0.1) is 0 Å². The Bertz CT molecular complexity index is 541. The number of esters is 1. The molecule has 112 valence electrons. The normalized spacial score (nSPS) is 11.3. The van der Waals surface area contributed by atoms with Crippen LogP contribution in [0.4, 0.5) is 11.4 Å². The molecule has 0 spiro atoms. The molecule has 0 heterocycles. The summed E-state index contributed by atoms with van der Waals surface area (Å²) in [6, 6.07) is 5.67. The van der Waals surface area contributed by atoms with Crippen LogP contribution in [0.15, 0.2) is 23.2 Å². The molecule has 1 rings (SSSR count). The van der Waals surface area contributed by atoms with Crippen molar-refractivity contribution in [3.63, 3.8) is 0 Å². The summed E-state index contributed by atoms with van der Waals surface area (Å²) in [4.78, 5) is 17.4. The molecule has 0 saturated heterocycles. The zero-order valence-corrected chi connectivity index (χ0v) is 14.7. The summed E-state index contributed by atoms with van der Waals surface area (Å²) in [5, 5.41) is 0. The number of carbonyl (C=O) groups is 1. The summed E-state index contributed by atoms with van der Waals surface area (Å²) in [6.07, 6.45) is 1.16. The van der Waals surface area contributed by atoms with E-state index < -0.39 is 19.5 Å².